The number of carbonyl (C=O) groups excluding carboxylic acids is 2. The summed E-state index contributed by atoms with van der Waals surface area (Å²) in [6.07, 6.45) is 1.28. The summed E-state index contributed by atoms with van der Waals surface area (Å²) >= 11 is 0. The van der Waals surface area contributed by atoms with Crippen LogP contribution in [0.4, 0.5) is 5.69 Å². The molecule has 0 bridgehead atoms. The van der Waals surface area contributed by atoms with Crippen LogP contribution in [0, 0.1) is 5.41 Å². The molecule has 5 rings (SSSR count). The van der Waals surface area contributed by atoms with E-state index in [0.29, 0.717) is 17.9 Å². The highest BCUT2D eigenvalue weighted by Gasteiger charge is 2.41. The minimum atomic E-state index is -1.31. The predicted octanol–water partition coefficient (Wildman–Crippen LogP) is 4.29. The first-order valence-electron chi connectivity index (χ1n) is 11.3. The number of hydrogen-bond acceptors (Lipinski definition) is 6. The second-order valence-corrected chi connectivity index (χ2v) is 9.69. The molecule has 3 aromatic carbocycles. The Labute approximate surface area is 198 Å². The van der Waals surface area contributed by atoms with E-state index < -0.39 is 12.6 Å². The number of nitrogens with one attached hydrogen (secondary N) is 1. The lowest BCUT2D eigenvalue weighted by atomic mass is 9.68. The highest BCUT2D eigenvalue weighted by Crippen LogP contribution is 2.52. The van der Waals surface area contributed by atoms with Crippen LogP contribution in [0.25, 0.3) is 16.3 Å². The van der Waals surface area contributed by atoms with Gasteiger partial charge in [-0.2, -0.15) is 0 Å². The molecule has 0 radical (unpaired) electrons. The normalized spacial score (nSPS) is 18.7. The number of carboxylic acid groups (broad SMARTS) is 1. The summed E-state index contributed by atoms with van der Waals surface area (Å²) in [7, 11) is 1.50. The molecule has 0 amide bonds. The SMILES string of the molecule is COc1cc([C@@H]2Nc3ccc4ccccc4c3C3=C2C(=O)CC(C)(C)C3)ccc1OCC(=O)[O-]. The summed E-state index contributed by atoms with van der Waals surface area (Å²) in [5.74, 6) is -0.466. The largest absolute Gasteiger partial charge is 0.546 e. The lowest BCUT2D eigenvalue weighted by Gasteiger charge is -2.40. The Balaban J connectivity index is 1.67. The number of rotatable bonds is 5. The van der Waals surface area contributed by atoms with Crippen molar-refractivity contribution in [1.29, 1.82) is 0 Å². The van der Waals surface area contributed by atoms with Crippen LogP contribution in [0.2, 0.25) is 0 Å². The van der Waals surface area contributed by atoms with Gasteiger partial charge in [-0.05, 0) is 51.9 Å². The molecule has 1 atom stereocenters. The number of ether oxygens (including phenoxy) is 2. The Morgan fingerprint density at radius 2 is 1.88 bits per heavy atom. The Kier molecular flexibility index (Phi) is 5.31. The second-order valence-electron chi connectivity index (χ2n) is 9.69. The van der Waals surface area contributed by atoms with E-state index in [1.54, 1.807) is 12.1 Å². The maximum atomic E-state index is 13.5. The number of fused-ring (bicyclic) bond motifs is 4. The zero-order valence-electron chi connectivity index (χ0n) is 19.4. The summed E-state index contributed by atoms with van der Waals surface area (Å²) in [4.78, 5) is 24.4. The van der Waals surface area contributed by atoms with Crippen LogP contribution in [0.3, 0.4) is 0 Å². The van der Waals surface area contributed by atoms with Gasteiger partial charge in [-0.3, -0.25) is 4.79 Å². The van der Waals surface area contributed by atoms with Crippen molar-refractivity contribution in [3.8, 4) is 11.5 Å². The average molecular weight is 457 g/mol. The number of anilines is 1. The van der Waals surface area contributed by atoms with Crippen molar-refractivity contribution in [1.82, 2.24) is 0 Å². The van der Waals surface area contributed by atoms with Crippen LogP contribution >= 0.6 is 0 Å². The van der Waals surface area contributed by atoms with Crippen LogP contribution in [0.1, 0.15) is 43.9 Å². The standard InChI is InChI=1S/C28H27NO5/c1-28(2)13-19-25-18-7-5-4-6-16(18)8-10-20(25)29-27(26(19)21(30)14-28)17-9-11-22(23(12-17)33-3)34-15-24(31)32/h4-12,27,29H,13-15H2,1-3H3,(H,31,32)/p-1/t27-/m0/s1. The summed E-state index contributed by atoms with van der Waals surface area (Å²) in [5, 5.41) is 16.7. The number of hydrogen-bond donors (Lipinski definition) is 1. The molecular formula is C28H26NO5-. The van der Waals surface area contributed by atoms with E-state index in [2.05, 4.69) is 43.4 Å². The van der Waals surface area contributed by atoms with Crippen LogP contribution < -0.4 is 19.9 Å². The predicted molar refractivity (Wildman–Crippen MR) is 129 cm³/mol. The van der Waals surface area contributed by atoms with Crippen molar-refractivity contribution in [3.63, 3.8) is 0 Å². The van der Waals surface area contributed by atoms with Gasteiger partial charge < -0.3 is 24.7 Å². The van der Waals surface area contributed by atoms with Gasteiger partial charge in [0.15, 0.2) is 17.3 Å². The molecule has 0 spiro atoms. The van der Waals surface area contributed by atoms with E-state index in [4.69, 9.17) is 9.47 Å². The van der Waals surface area contributed by atoms with Gasteiger partial charge in [0, 0.05) is 23.2 Å². The third-order valence-electron chi connectivity index (χ3n) is 6.61. The Morgan fingerprint density at radius 3 is 2.65 bits per heavy atom. The van der Waals surface area contributed by atoms with Crippen LogP contribution in [0.15, 0.2) is 60.2 Å². The van der Waals surface area contributed by atoms with Crippen molar-refractivity contribution in [2.24, 2.45) is 5.41 Å². The number of carboxylic acids is 1. The first kappa shape index (κ1) is 22.0. The lowest BCUT2D eigenvalue weighted by molar-refractivity contribution is -0.307. The molecule has 0 saturated carbocycles. The Morgan fingerprint density at radius 1 is 1.09 bits per heavy atom. The molecular weight excluding hydrogens is 430 g/mol. The maximum Gasteiger partial charge on any atom is 0.162 e. The maximum absolute atomic E-state index is 13.5. The molecule has 0 aromatic heterocycles. The van der Waals surface area contributed by atoms with Gasteiger partial charge in [-0.25, -0.2) is 0 Å². The van der Waals surface area contributed by atoms with E-state index in [1.807, 2.05) is 18.2 Å². The zero-order valence-corrected chi connectivity index (χ0v) is 19.4. The molecule has 174 valence electrons. The van der Waals surface area contributed by atoms with Gasteiger partial charge in [-0.15, -0.1) is 0 Å². The minimum Gasteiger partial charge on any atom is -0.546 e. The van der Waals surface area contributed by atoms with E-state index in [-0.39, 0.29) is 17.2 Å². The molecule has 2 aliphatic rings. The van der Waals surface area contributed by atoms with Crippen molar-refractivity contribution < 1.29 is 24.2 Å². The van der Waals surface area contributed by atoms with Crippen LogP contribution in [-0.4, -0.2) is 25.5 Å². The van der Waals surface area contributed by atoms with E-state index in [1.165, 1.54) is 7.11 Å². The summed E-state index contributed by atoms with van der Waals surface area (Å²) in [5.41, 5.74) is 4.68. The first-order chi connectivity index (χ1) is 16.3. The van der Waals surface area contributed by atoms with Crippen molar-refractivity contribution in [2.75, 3.05) is 19.0 Å². The van der Waals surface area contributed by atoms with Crippen molar-refractivity contribution in [3.05, 3.63) is 71.3 Å². The van der Waals surface area contributed by atoms with Crippen molar-refractivity contribution >= 4 is 33.8 Å². The van der Waals surface area contributed by atoms with Crippen LogP contribution in [0.5, 0.6) is 11.5 Å². The smallest absolute Gasteiger partial charge is 0.162 e. The van der Waals surface area contributed by atoms with Gasteiger partial charge in [0.05, 0.1) is 19.1 Å². The molecule has 1 N–H and O–H groups in total. The van der Waals surface area contributed by atoms with E-state index >= 15 is 0 Å². The Hall–Kier alpha value is -3.80. The van der Waals surface area contributed by atoms with E-state index in [0.717, 1.165) is 45.2 Å². The molecule has 1 aliphatic carbocycles. The molecule has 6 nitrogen and oxygen atoms in total. The quantitative estimate of drug-likeness (QED) is 0.616. The average Bonchev–Trinajstić information content (AvgIpc) is 2.80. The molecule has 6 heteroatoms. The van der Waals surface area contributed by atoms with Gasteiger partial charge in [0.25, 0.3) is 0 Å². The lowest BCUT2D eigenvalue weighted by Crippen LogP contribution is -2.33. The molecule has 0 unspecified atom stereocenters. The monoisotopic (exact) mass is 456 g/mol. The molecule has 34 heavy (non-hydrogen) atoms. The van der Waals surface area contributed by atoms with E-state index in [9.17, 15) is 14.7 Å². The number of ketones is 1. The highest BCUT2D eigenvalue weighted by atomic mass is 16.5. The number of methoxy groups -OCH3 is 1. The fraction of sp³-hybridized carbons (Fsp3) is 0.286. The molecule has 1 aliphatic heterocycles. The van der Waals surface area contributed by atoms with Gasteiger partial charge in [0.1, 0.15) is 6.61 Å². The molecule has 0 fully saturated rings. The highest BCUT2D eigenvalue weighted by molar-refractivity contribution is 6.12. The molecule has 3 aromatic rings. The number of carbonyl (C=O) groups is 2. The number of allylic oxidation sites excluding steroid dienone is 1. The first-order valence-corrected chi connectivity index (χ1v) is 11.3. The van der Waals surface area contributed by atoms with Crippen molar-refractivity contribution in [2.45, 2.75) is 32.7 Å². The fourth-order valence-corrected chi connectivity index (χ4v) is 5.21. The Bertz CT molecular complexity index is 1350. The van der Waals surface area contributed by atoms with Crippen LogP contribution in [-0.2, 0) is 9.59 Å². The fourth-order valence-electron chi connectivity index (χ4n) is 5.21. The van der Waals surface area contributed by atoms with Gasteiger partial charge in [0.2, 0.25) is 0 Å². The third kappa shape index (κ3) is 3.79. The molecule has 0 saturated heterocycles. The number of aliphatic carboxylic acids is 1. The zero-order chi connectivity index (χ0) is 24.0. The topological polar surface area (TPSA) is 87.7 Å². The third-order valence-corrected chi connectivity index (χ3v) is 6.61. The minimum absolute atomic E-state index is 0.133. The van der Waals surface area contributed by atoms with Gasteiger partial charge >= 0.3 is 0 Å². The number of benzene rings is 3. The van der Waals surface area contributed by atoms with Gasteiger partial charge in [-0.1, -0.05) is 50.2 Å². The summed E-state index contributed by atoms with van der Waals surface area (Å²) < 4.78 is 10.8. The molecule has 1 heterocycles. The summed E-state index contributed by atoms with van der Waals surface area (Å²) in [6, 6.07) is 17.4. The second kappa shape index (κ2) is 8.20. The summed E-state index contributed by atoms with van der Waals surface area (Å²) in [6.45, 7) is 3.71. The number of Topliss-reactive ketones (excluding diaryl/α,β-unsaturated/α-hetero) is 1.